The number of halogens is 2. The number of carbonyl (C=O) groups excluding carboxylic acids is 1. The van der Waals surface area contributed by atoms with Crippen LogP contribution in [0.3, 0.4) is 0 Å². The van der Waals surface area contributed by atoms with Gasteiger partial charge in [0.05, 0.1) is 17.9 Å². The van der Waals surface area contributed by atoms with Crippen molar-refractivity contribution in [3.05, 3.63) is 77.2 Å². The minimum absolute atomic E-state index is 0.00523. The fourth-order valence-electron chi connectivity index (χ4n) is 4.19. The Bertz CT molecular complexity index is 1510. The number of aromatic nitrogens is 3. The summed E-state index contributed by atoms with van der Waals surface area (Å²) in [4.78, 5) is 23.0. The van der Waals surface area contributed by atoms with Crippen molar-refractivity contribution in [1.82, 2.24) is 19.1 Å². The van der Waals surface area contributed by atoms with Gasteiger partial charge in [-0.15, -0.1) is 11.3 Å². The summed E-state index contributed by atoms with van der Waals surface area (Å²) < 4.78 is 58.0. The molecular weight excluding hydrogens is 498 g/mol. The van der Waals surface area contributed by atoms with Gasteiger partial charge in [-0.05, 0) is 43.2 Å². The second-order valence-corrected chi connectivity index (χ2v) is 10.6. The highest BCUT2D eigenvalue weighted by molar-refractivity contribution is 7.91. The lowest BCUT2D eigenvalue weighted by molar-refractivity contribution is 0.0975. The monoisotopic (exact) mass is 518 g/mol. The lowest BCUT2D eigenvalue weighted by atomic mass is 10.0. The Morgan fingerprint density at radius 1 is 1.23 bits per heavy atom. The number of pyridine rings is 1. The molecule has 0 aliphatic carbocycles. The molecule has 1 aliphatic rings. The van der Waals surface area contributed by atoms with Gasteiger partial charge >= 0.3 is 10.2 Å². The number of hydrogen-bond acceptors (Lipinski definition) is 7. The minimum atomic E-state index is -4.20. The number of nitrogens with one attached hydrogen (secondary N) is 1. The number of nitrogens with zero attached hydrogens (tertiary/aromatic N) is 5. The number of imidazole rings is 1. The Balaban J connectivity index is 1.45. The third-order valence-corrected chi connectivity index (χ3v) is 8.20. The molecule has 5 rings (SSSR count). The molecule has 4 heterocycles. The number of carbonyl (C=O) groups is 1. The summed E-state index contributed by atoms with van der Waals surface area (Å²) >= 11 is 1.11. The molecule has 1 aliphatic heterocycles. The maximum Gasteiger partial charge on any atom is 0.328 e. The molecule has 9 nitrogen and oxygen atoms in total. The van der Waals surface area contributed by atoms with Crippen molar-refractivity contribution in [1.29, 1.82) is 0 Å². The van der Waals surface area contributed by atoms with Crippen LogP contribution in [0.1, 0.15) is 34.9 Å². The number of amides is 1. The Morgan fingerprint density at radius 2 is 2.06 bits per heavy atom. The quantitative estimate of drug-likeness (QED) is 0.419. The van der Waals surface area contributed by atoms with Gasteiger partial charge in [0.1, 0.15) is 23.0 Å². The Morgan fingerprint density at radius 3 is 2.83 bits per heavy atom. The van der Waals surface area contributed by atoms with Gasteiger partial charge in [0.2, 0.25) is 0 Å². The summed E-state index contributed by atoms with van der Waals surface area (Å²) in [7, 11) is -2.91. The average Bonchev–Trinajstić information content (AvgIpc) is 3.59. The first kappa shape index (κ1) is 23.2. The molecule has 1 saturated heterocycles. The molecule has 1 aromatic carbocycles. The van der Waals surface area contributed by atoms with Crippen molar-refractivity contribution in [2.75, 3.05) is 22.8 Å². The third-order valence-electron chi connectivity index (χ3n) is 5.90. The SMILES string of the molecule is CN(c1nccs1)S(=O)(=O)NC(=O)c1cnc2ccc(N3CCC[C@@H]3c3cc(F)ccc3F)cn12. The van der Waals surface area contributed by atoms with Gasteiger partial charge in [0.25, 0.3) is 5.91 Å². The largest absolute Gasteiger partial charge is 0.363 e. The summed E-state index contributed by atoms with van der Waals surface area (Å²) in [5.74, 6) is -1.87. The van der Waals surface area contributed by atoms with Crippen LogP contribution in [-0.2, 0) is 10.2 Å². The molecule has 0 saturated carbocycles. The molecule has 35 heavy (non-hydrogen) atoms. The molecule has 1 fully saturated rings. The Kier molecular flexibility index (Phi) is 5.89. The summed E-state index contributed by atoms with van der Waals surface area (Å²) in [5, 5.41) is 1.83. The van der Waals surface area contributed by atoms with E-state index in [9.17, 15) is 22.0 Å². The number of fused-ring (bicyclic) bond motifs is 1. The lowest BCUT2D eigenvalue weighted by Crippen LogP contribution is -2.41. The van der Waals surface area contributed by atoms with E-state index in [0.717, 1.165) is 34.2 Å². The molecule has 0 radical (unpaired) electrons. The molecule has 1 atom stereocenters. The highest BCUT2D eigenvalue weighted by atomic mass is 32.2. The number of benzene rings is 1. The van der Waals surface area contributed by atoms with Crippen LogP contribution in [0.5, 0.6) is 0 Å². The highest BCUT2D eigenvalue weighted by Gasteiger charge is 2.30. The highest BCUT2D eigenvalue weighted by Crippen LogP contribution is 2.37. The molecule has 0 spiro atoms. The fraction of sp³-hybridized carbons (Fsp3) is 0.227. The molecule has 1 amide bonds. The maximum atomic E-state index is 14.5. The van der Waals surface area contributed by atoms with Crippen LogP contribution in [-0.4, -0.2) is 42.3 Å². The molecule has 13 heteroatoms. The molecular formula is C22H20F2N6O3S2. The third kappa shape index (κ3) is 4.32. The van der Waals surface area contributed by atoms with Gasteiger partial charge < -0.3 is 4.90 Å². The van der Waals surface area contributed by atoms with E-state index in [1.807, 2.05) is 9.62 Å². The summed E-state index contributed by atoms with van der Waals surface area (Å²) in [6.07, 6.45) is 5.79. The van der Waals surface area contributed by atoms with Gasteiger partial charge in [0.15, 0.2) is 5.13 Å². The number of thiazole rings is 1. The van der Waals surface area contributed by atoms with Gasteiger partial charge in [-0.25, -0.2) is 27.8 Å². The van der Waals surface area contributed by atoms with Crippen LogP contribution < -0.4 is 13.9 Å². The first-order valence-electron chi connectivity index (χ1n) is 10.6. The van der Waals surface area contributed by atoms with E-state index in [2.05, 4.69) is 9.97 Å². The normalized spacial score (nSPS) is 16.1. The van der Waals surface area contributed by atoms with E-state index in [0.29, 0.717) is 24.3 Å². The standard InChI is InChI=1S/C22H20F2N6O3S2/c1-28(22-25-8-10-34-22)35(32,33)27-21(31)19-12-26-20-7-5-15(13-30(19)20)29-9-2-3-18(29)16-11-14(23)4-6-17(16)24/h4-8,10-13,18H,2-3,9H2,1H3,(H,27,31)/t18-/m1/s1. The van der Waals surface area contributed by atoms with E-state index in [1.54, 1.807) is 23.7 Å². The average molecular weight is 519 g/mol. The predicted octanol–water partition coefficient (Wildman–Crippen LogP) is 3.52. The first-order chi connectivity index (χ1) is 16.7. The summed E-state index contributed by atoms with van der Waals surface area (Å²) in [6, 6.07) is 6.49. The van der Waals surface area contributed by atoms with E-state index in [1.165, 1.54) is 29.9 Å². The van der Waals surface area contributed by atoms with Crippen LogP contribution in [0, 0.1) is 11.6 Å². The van der Waals surface area contributed by atoms with E-state index in [-0.39, 0.29) is 22.4 Å². The van der Waals surface area contributed by atoms with Crippen molar-refractivity contribution in [3.63, 3.8) is 0 Å². The molecule has 0 unspecified atom stereocenters. The molecule has 3 aromatic heterocycles. The molecule has 1 N–H and O–H groups in total. The number of rotatable bonds is 6. The van der Waals surface area contributed by atoms with E-state index < -0.39 is 27.8 Å². The molecule has 0 bridgehead atoms. The Labute approximate surface area is 203 Å². The zero-order valence-corrected chi connectivity index (χ0v) is 20.1. The number of anilines is 2. The van der Waals surface area contributed by atoms with Gasteiger partial charge in [0, 0.05) is 36.9 Å². The number of hydrogen-bond donors (Lipinski definition) is 1. The van der Waals surface area contributed by atoms with Crippen molar-refractivity contribution in [2.24, 2.45) is 0 Å². The van der Waals surface area contributed by atoms with Crippen LogP contribution in [0.15, 0.2) is 54.3 Å². The second-order valence-electron chi connectivity index (χ2n) is 7.99. The second kappa shape index (κ2) is 8.89. The molecule has 182 valence electrons. The van der Waals surface area contributed by atoms with Crippen molar-refractivity contribution >= 4 is 43.9 Å². The van der Waals surface area contributed by atoms with E-state index >= 15 is 0 Å². The Hall–Kier alpha value is -3.58. The van der Waals surface area contributed by atoms with Gasteiger partial charge in [-0.1, -0.05) is 0 Å². The van der Waals surface area contributed by atoms with Crippen molar-refractivity contribution < 1.29 is 22.0 Å². The van der Waals surface area contributed by atoms with Gasteiger partial charge in [-0.3, -0.25) is 9.20 Å². The zero-order chi connectivity index (χ0) is 24.7. The van der Waals surface area contributed by atoms with Crippen LogP contribution in [0.2, 0.25) is 0 Å². The summed E-state index contributed by atoms with van der Waals surface area (Å²) in [6.45, 7) is 0.606. The first-order valence-corrected chi connectivity index (χ1v) is 13.0. The van der Waals surface area contributed by atoms with Crippen molar-refractivity contribution in [2.45, 2.75) is 18.9 Å². The van der Waals surface area contributed by atoms with Gasteiger partial charge in [-0.2, -0.15) is 8.42 Å². The van der Waals surface area contributed by atoms with Crippen LogP contribution in [0.25, 0.3) is 5.65 Å². The van der Waals surface area contributed by atoms with Crippen LogP contribution in [0.4, 0.5) is 19.6 Å². The zero-order valence-electron chi connectivity index (χ0n) is 18.4. The predicted molar refractivity (Wildman–Crippen MR) is 128 cm³/mol. The van der Waals surface area contributed by atoms with Crippen molar-refractivity contribution in [3.8, 4) is 0 Å². The topological polar surface area (TPSA) is 99.9 Å². The molecule has 4 aromatic rings. The smallest absolute Gasteiger partial charge is 0.328 e. The minimum Gasteiger partial charge on any atom is -0.363 e. The van der Waals surface area contributed by atoms with E-state index in [4.69, 9.17) is 0 Å². The summed E-state index contributed by atoms with van der Waals surface area (Å²) in [5.41, 5.74) is 1.36. The maximum absolute atomic E-state index is 14.5. The van der Waals surface area contributed by atoms with Crippen LogP contribution >= 0.6 is 11.3 Å². The fourth-order valence-corrected chi connectivity index (χ4v) is 5.85. The lowest BCUT2D eigenvalue weighted by Gasteiger charge is -2.27.